The van der Waals surface area contributed by atoms with Crippen molar-refractivity contribution in [2.75, 3.05) is 25.0 Å². The van der Waals surface area contributed by atoms with Crippen LogP contribution < -0.4 is 11.0 Å². The maximum Gasteiger partial charge on any atom is 0.326 e. The fourth-order valence-electron chi connectivity index (χ4n) is 3.96. The molecule has 0 unspecified atom stereocenters. The minimum atomic E-state index is -0.0803. The maximum absolute atomic E-state index is 12.4. The molecule has 29 heavy (non-hydrogen) atoms. The lowest BCUT2D eigenvalue weighted by Gasteiger charge is -2.32. The number of aromatic amines is 1. The number of aromatic nitrogens is 2. The van der Waals surface area contributed by atoms with E-state index in [0.29, 0.717) is 17.8 Å². The van der Waals surface area contributed by atoms with Crippen LogP contribution >= 0.6 is 0 Å². The molecular formula is C22H24N4O3. The second-order valence-electron chi connectivity index (χ2n) is 7.51. The Balaban J connectivity index is 1.33. The number of benzene rings is 2. The molecular weight excluding hydrogens is 368 g/mol. The summed E-state index contributed by atoms with van der Waals surface area (Å²) in [5.41, 5.74) is 3.02. The van der Waals surface area contributed by atoms with Crippen LogP contribution in [0, 0.1) is 0 Å². The first-order valence-corrected chi connectivity index (χ1v) is 9.84. The van der Waals surface area contributed by atoms with Crippen LogP contribution in [0.2, 0.25) is 0 Å². The van der Waals surface area contributed by atoms with E-state index in [1.165, 1.54) is 6.92 Å². The monoisotopic (exact) mass is 392 g/mol. The van der Waals surface area contributed by atoms with Crippen molar-refractivity contribution in [2.45, 2.75) is 25.8 Å². The molecule has 1 amide bonds. The number of carbonyl (C=O) groups excluding carboxylic acids is 2. The number of likely N-dealkylation sites (tertiary alicyclic amines) is 1. The van der Waals surface area contributed by atoms with Gasteiger partial charge in [-0.2, -0.15) is 0 Å². The molecule has 1 fully saturated rings. The van der Waals surface area contributed by atoms with E-state index < -0.39 is 0 Å². The number of amides is 1. The number of imidazole rings is 1. The van der Waals surface area contributed by atoms with Gasteiger partial charge in [0, 0.05) is 30.4 Å². The molecule has 0 atom stereocenters. The van der Waals surface area contributed by atoms with E-state index in [1.807, 2.05) is 28.8 Å². The average Bonchev–Trinajstić information content (AvgIpc) is 3.04. The predicted molar refractivity (Wildman–Crippen MR) is 112 cm³/mol. The third-order valence-corrected chi connectivity index (χ3v) is 5.49. The lowest BCUT2D eigenvalue weighted by Crippen LogP contribution is -2.40. The van der Waals surface area contributed by atoms with Crippen LogP contribution in [0.25, 0.3) is 11.0 Å². The highest BCUT2D eigenvalue weighted by molar-refractivity contribution is 5.96. The summed E-state index contributed by atoms with van der Waals surface area (Å²) in [6.45, 7) is 3.34. The fraction of sp³-hybridized carbons (Fsp3) is 0.318. The van der Waals surface area contributed by atoms with Crippen molar-refractivity contribution in [3.8, 4) is 0 Å². The molecule has 0 aliphatic carbocycles. The van der Waals surface area contributed by atoms with Gasteiger partial charge in [0.2, 0.25) is 5.91 Å². The molecule has 4 rings (SSSR count). The molecule has 1 saturated heterocycles. The molecule has 7 nitrogen and oxygen atoms in total. The molecule has 2 aromatic carbocycles. The van der Waals surface area contributed by atoms with E-state index in [1.54, 1.807) is 24.3 Å². The number of H-pyrrole nitrogens is 1. The zero-order chi connectivity index (χ0) is 20.4. The zero-order valence-corrected chi connectivity index (χ0v) is 16.4. The summed E-state index contributed by atoms with van der Waals surface area (Å²) in [7, 11) is 0. The Morgan fingerprint density at radius 2 is 1.76 bits per heavy atom. The zero-order valence-electron chi connectivity index (χ0n) is 16.4. The SMILES string of the molecule is CC(=O)c1ccc(NC(=O)CN2CCC(n3c(=O)[nH]c4ccccc43)CC2)cc1. The number of ketones is 1. The first kappa shape index (κ1) is 19.1. The van der Waals surface area contributed by atoms with Gasteiger partial charge in [0.1, 0.15) is 0 Å². The number of piperidine rings is 1. The number of nitrogens with zero attached hydrogens (tertiary/aromatic N) is 2. The summed E-state index contributed by atoms with van der Waals surface area (Å²) in [5.74, 6) is -0.0802. The van der Waals surface area contributed by atoms with Crippen molar-refractivity contribution in [1.82, 2.24) is 14.5 Å². The maximum atomic E-state index is 12.4. The van der Waals surface area contributed by atoms with E-state index in [2.05, 4.69) is 15.2 Å². The molecule has 0 bridgehead atoms. The molecule has 3 aromatic rings. The van der Waals surface area contributed by atoms with Crippen LogP contribution in [0.1, 0.15) is 36.2 Å². The molecule has 1 aliphatic rings. The van der Waals surface area contributed by atoms with Crippen molar-refractivity contribution in [1.29, 1.82) is 0 Å². The smallest absolute Gasteiger partial charge is 0.325 e. The topological polar surface area (TPSA) is 87.2 Å². The fourth-order valence-corrected chi connectivity index (χ4v) is 3.96. The van der Waals surface area contributed by atoms with Gasteiger partial charge in [-0.3, -0.25) is 19.1 Å². The molecule has 7 heteroatoms. The Morgan fingerprint density at radius 3 is 2.45 bits per heavy atom. The van der Waals surface area contributed by atoms with Crippen LogP contribution in [-0.4, -0.2) is 45.8 Å². The highest BCUT2D eigenvalue weighted by atomic mass is 16.2. The van der Waals surface area contributed by atoms with E-state index in [9.17, 15) is 14.4 Å². The lowest BCUT2D eigenvalue weighted by molar-refractivity contribution is -0.117. The normalized spacial score (nSPS) is 15.5. The van der Waals surface area contributed by atoms with Crippen LogP contribution in [0.15, 0.2) is 53.3 Å². The van der Waals surface area contributed by atoms with Gasteiger partial charge in [-0.1, -0.05) is 12.1 Å². The minimum Gasteiger partial charge on any atom is -0.325 e. The number of hydrogen-bond donors (Lipinski definition) is 2. The van der Waals surface area contributed by atoms with Gasteiger partial charge < -0.3 is 10.3 Å². The Morgan fingerprint density at radius 1 is 1.07 bits per heavy atom. The third kappa shape index (κ3) is 4.14. The molecule has 0 spiro atoms. The second kappa shape index (κ2) is 8.05. The quantitative estimate of drug-likeness (QED) is 0.654. The molecule has 2 heterocycles. The first-order chi connectivity index (χ1) is 14.0. The number of nitrogens with one attached hydrogen (secondary N) is 2. The van der Waals surface area contributed by atoms with Gasteiger partial charge in [-0.05, 0) is 56.2 Å². The summed E-state index contributed by atoms with van der Waals surface area (Å²) >= 11 is 0. The standard InChI is InChI=1S/C22H24N4O3/c1-15(27)16-6-8-17(9-7-16)23-21(28)14-25-12-10-18(11-13-25)26-20-5-3-2-4-19(20)24-22(26)29/h2-9,18H,10-14H2,1H3,(H,23,28)(H,24,29). The second-order valence-corrected chi connectivity index (χ2v) is 7.51. The first-order valence-electron chi connectivity index (χ1n) is 9.84. The number of para-hydroxylation sites is 2. The number of rotatable bonds is 5. The molecule has 1 aliphatic heterocycles. The Labute approximate surface area is 168 Å². The van der Waals surface area contributed by atoms with Crippen molar-refractivity contribution >= 4 is 28.4 Å². The number of hydrogen-bond acceptors (Lipinski definition) is 4. The summed E-state index contributed by atoms with van der Waals surface area (Å²) < 4.78 is 1.85. The third-order valence-electron chi connectivity index (χ3n) is 5.49. The number of fused-ring (bicyclic) bond motifs is 1. The summed E-state index contributed by atoms with van der Waals surface area (Å²) in [5, 5.41) is 2.88. The van der Waals surface area contributed by atoms with Gasteiger partial charge in [0.05, 0.1) is 17.6 Å². The number of Topliss-reactive ketones (excluding diaryl/α,β-unsaturated/α-hetero) is 1. The molecule has 1 aromatic heterocycles. The van der Waals surface area contributed by atoms with Crippen molar-refractivity contribution in [3.63, 3.8) is 0 Å². The van der Waals surface area contributed by atoms with E-state index in [-0.39, 0.29) is 23.4 Å². The summed E-state index contributed by atoms with van der Waals surface area (Å²) in [6, 6.07) is 14.8. The van der Waals surface area contributed by atoms with Crippen LogP contribution in [-0.2, 0) is 4.79 Å². The summed E-state index contributed by atoms with van der Waals surface area (Å²) in [4.78, 5) is 41.1. The molecule has 2 N–H and O–H groups in total. The molecule has 150 valence electrons. The van der Waals surface area contributed by atoms with Crippen LogP contribution in [0.3, 0.4) is 0 Å². The minimum absolute atomic E-state index is 0.0000508. The van der Waals surface area contributed by atoms with Crippen LogP contribution in [0.4, 0.5) is 5.69 Å². The van der Waals surface area contributed by atoms with Gasteiger partial charge in [0.25, 0.3) is 0 Å². The number of anilines is 1. The Kier molecular flexibility index (Phi) is 5.31. The highest BCUT2D eigenvalue weighted by Gasteiger charge is 2.24. The Bertz CT molecular complexity index is 1090. The van der Waals surface area contributed by atoms with Crippen molar-refractivity contribution < 1.29 is 9.59 Å². The van der Waals surface area contributed by atoms with Gasteiger partial charge in [-0.25, -0.2) is 4.79 Å². The number of carbonyl (C=O) groups is 2. The average molecular weight is 392 g/mol. The highest BCUT2D eigenvalue weighted by Crippen LogP contribution is 2.24. The van der Waals surface area contributed by atoms with Crippen molar-refractivity contribution in [2.24, 2.45) is 0 Å². The van der Waals surface area contributed by atoms with Gasteiger partial charge >= 0.3 is 5.69 Å². The largest absolute Gasteiger partial charge is 0.326 e. The lowest BCUT2D eigenvalue weighted by atomic mass is 10.0. The van der Waals surface area contributed by atoms with Gasteiger partial charge in [0.15, 0.2) is 5.78 Å². The van der Waals surface area contributed by atoms with E-state index in [4.69, 9.17) is 0 Å². The molecule has 0 saturated carbocycles. The van der Waals surface area contributed by atoms with Crippen molar-refractivity contribution in [3.05, 3.63) is 64.6 Å². The van der Waals surface area contributed by atoms with E-state index >= 15 is 0 Å². The Hall–Kier alpha value is -3.19. The summed E-state index contributed by atoms with van der Waals surface area (Å²) in [6.07, 6.45) is 1.64. The van der Waals surface area contributed by atoms with E-state index in [0.717, 1.165) is 37.0 Å². The van der Waals surface area contributed by atoms with Crippen LogP contribution in [0.5, 0.6) is 0 Å². The molecule has 0 radical (unpaired) electrons. The predicted octanol–water partition coefficient (Wildman–Crippen LogP) is 2.81. The van der Waals surface area contributed by atoms with Gasteiger partial charge in [-0.15, -0.1) is 0 Å².